The lowest BCUT2D eigenvalue weighted by Gasteiger charge is -2.26. The molecule has 228 valence electrons. The van der Waals surface area contributed by atoms with Crippen LogP contribution < -0.4 is 29.1 Å². The Hall–Kier alpha value is -2.44. The number of carbonyl (C=O) groups is 2. The molecular weight excluding hydrogens is 870 g/mol. The van der Waals surface area contributed by atoms with Gasteiger partial charge in [-0.25, -0.2) is 14.6 Å². The molecule has 14 heteroatoms. The molecule has 0 unspecified atom stereocenters. The van der Waals surface area contributed by atoms with Crippen LogP contribution in [0.15, 0.2) is 49.8 Å². The van der Waals surface area contributed by atoms with Crippen molar-refractivity contribution in [1.82, 2.24) is 4.57 Å². The van der Waals surface area contributed by atoms with Crippen LogP contribution in [0.4, 0.5) is 0 Å². The van der Waals surface area contributed by atoms with Gasteiger partial charge in [-0.15, -0.1) is 0 Å². The summed E-state index contributed by atoms with van der Waals surface area (Å²) in [7, 11) is 3.05. The average molecular weight is 897 g/mol. The molecule has 2 aromatic carbocycles. The molecule has 10 nitrogen and oxygen atoms in total. The van der Waals surface area contributed by atoms with Crippen molar-refractivity contribution < 1.29 is 33.3 Å². The zero-order valence-electron chi connectivity index (χ0n) is 23.8. The molecule has 4 rings (SSSR count). The maximum absolute atomic E-state index is 14.1. The van der Waals surface area contributed by atoms with E-state index < -0.39 is 18.0 Å². The summed E-state index contributed by atoms with van der Waals surface area (Å²) in [4.78, 5) is 44.2. The van der Waals surface area contributed by atoms with Crippen LogP contribution in [0.2, 0.25) is 0 Å². The number of fused-ring (bicyclic) bond motifs is 1. The number of ether oxygens (including phenoxy) is 5. The number of nitrogens with zero attached hydrogens (tertiary/aromatic N) is 2. The van der Waals surface area contributed by atoms with E-state index >= 15 is 0 Å². The zero-order chi connectivity index (χ0) is 31.4. The second kappa shape index (κ2) is 14.6. The minimum atomic E-state index is -0.842. The first kappa shape index (κ1) is 33.5. The first-order valence-electron chi connectivity index (χ1n) is 12.9. The zero-order valence-corrected chi connectivity index (χ0v) is 30.5. The van der Waals surface area contributed by atoms with Gasteiger partial charge in [-0.05, 0) is 107 Å². The molecule has 1 aliphatic rings. The Bertz CT molecular complexity index is 1780. The highest BCUT2D eigenvalue weighted by molar-refractivity contribution is 14.1. The molecule has 0 fully saturated rings. The lowest BCUT2D eigenvalue weighted by atomic mass is 9.95. The van der Waals surface area contributed by atoms with Gasteiger partial charge in [-0.1, -0.05) is 27.3 Å². The van der Waals surface area contributed by atoms with Gasteiger partial charge in [-0.2, -0.15) is 0 Å². The van der Waals surface area contributed by atoms with E-state index in [9.17, 15) is 14.4 Å². The van der Waals surface area contributed by atoms with Crippen LogP contribution in [-0.2, 0) is 19.1 Å². The summed E-state index contributed by atoms with van der Waals surface area (Å²) in [6.07, 6.45) is 1.77. The Morgan fingerprint density at radius 3 is 2.28 bits per heavy atom. The van der Waals surface area contributed by atoms with E-state index in [0.717, 1.165) is 12.7 Å². The summed E-state index contributed by atoms with van der Waals surface area (Å²) in [6.45, 7) is 5.42. The molecule has 3 aromatic rings. The summed E-state index contributed by atoms with van der Waals surface area (Å²) in [5, 5.41) is 0. The highest BCUT2D eigenvalue weighted by atomic mass is 127. The second-order valence-electron chi connectivity index (χ2n) is 8.94. The molecule has 0 saturated carbocycles. The van der Waals surface area contributed by atoms with Gasteiger partial charge in [0.2, 0.25) is 0 Å². The molecule has 1 aliphatic heterocycles. The molecule has 0 bridgehead atoms. The molecule has 0 N–H and O–H groups in total. The monoisotopic (exact) mass is 896 g/mol. The van der Waals surface area contributed by atoms with Crippen LogP contribution in [0, 0.1) is 7.14 Å². The van der Waals surface area contributed by atoms with E-state index in [4.69, 9.17) is 23.7 Å². The van der Waals surface area contributed by atoms with E-state index in [1.807, 2.05) is 12.1 Å². The minimum Gasteiger partial charge on any atom is -0.493 e. The number of carbonyl (C=O) groups excluding carboxylic acids is 2. The third kappa shape index (κ3) is 7.12. The predicted molar refractivity (Wildman–Crippen MR) is 182 cm³/mol. The molecule has 1 atom stereocenters. The van der Waals surface area contributed by atoms with Crippen molar-refractivity contribution in [2.45, 2.75) is 26.8 Å². The van der Waals surface area contributed by atoms with Gasteiger partial charge in [0.15, 0.2) is 22.9 Å². The maximum Gasteiger partial charge on any atom is 0.344 e. The Balaban J connectivity index is 1.87. The Kier molecular flexibility index (Phi) is 11.3. The number of halogens is 3. The second-order valence-corrected chi connectivity index (χ2v) is 13.1. The minimum absolute atomic E-state index is 0.163. The average Bonchev–Trinajstić information content (AvgIpc) is 3.25. The van der Waals surface area contributed by atoms with Crippen LogP contribution in [0.3, 0.4) is 0 Å². The fourth-order valence-electron chi connectivity index (χ4n) is 4.45. The Labute approximate surface area is 287 Å². The van der Waals surface area contributed by atoms with Crippen molar-refractivity contribution in [3.05, 3.63) is 78.0 Å². The fourth-order valence-corrected chi connectivity index (χ4v) is 8.16. The van der Waals surface area contributed by atoms with Crippen LogP contribution >= 0.6 is 72.4 Å². The van der Waals surface area contributed by atoms with Crippen LogP contribution in [-0.4, -0.2) is 50.5 Å². The summed E-state index contributed by atoms with van der Waals surface area (Å²) in [6, 6.07) is 6.35. The molecule has 0 amide bonds. The summed E-state index contributed by atoms with van der Waals surface area (Å²) < 4.78 is 31.1. The number of hydrogen-bond acceptors (Lipinski definition) is 10. The SMILES string of the molecule is CCOC(=O)COc1c(I)cc(/C=c2\sc3n(c2=O)[C@@H](c2cc(OC)c(OC)cc2Br)C(C(=O)OCC)=C(C)N=3)cc1I. The lowest BCUT2D eigenvalue weighted by Crippen LogP contribution is -2.40. The Morgan fingerprint density at radius 1 is 1.05 bits per heavy atom. The summed E-state index contributed by atoms with van der Waals surface area (Å²) in [5.41, 5.74) is 1.74. The molecular formula is C29H27BrI2N2O8S. The van der Waals surface area contributed by atoms with Crippen LogP contribution in [0.1, 0.15) is 37.9 Å². The molecule has 0 radical (unpaired) electrons. The number of aromatic nitrogens is 1. The molecule has 1 aromatic heterocycles. The number of esters is 2. The fraction of sp³-hybridized carbons (Fsp3) is 0.310. The number of rotatable bonds is 10. The summed E-state index contributed by atoms with van der Waals surface area (Å²) in [5.74, 6) is 0.471. The van der Waals surface area contributed by atoms with E-state index in [2.05, 4.69) is 66.1 Å². The highest BCUT2D eigenvalue weighted by Gasteiger charge is 2.35. The maximum atomic E-state index is 14.1. The van der Waals surface area contributed by atoms with Crippen molar-refractivity contribution in [2.24, 2.45) is 4.99 Å². The van der Waals surface area contributed by atoms with Crippen molar-refractivity contribution >= 4 is 90.5 Å². The third-order valence-corrected chi connectivity index (χ3v) is 9.54. The van der Waals surface area contributed by atoms with Gasteiger partial charge >= 0.3 is 11.9 Å². The Morgan fingerprint density at radius 2 is 1.67 bits per heavy atom. The number of methoxy groups -OCH3 is 2. The van der Waals surface area contributed by atoms with Crippen LogP contribution in [0.5, 0.6) is 17.2 Å². The van der Waals surface area contributed by atoms with Crippen LogP contribution in [0.25, 0.3) is 6.08 Å². The van der Waals surface area contributed by atoms with Gasteiger partial charge in [0, 0.05) is 4.47 Å². The molecule has 43 heavy (non-hydrogen) atoms. The largest absolute Gasteiger partial charge is 0.493 e. The summed E-state index contributed by atoms with van der Waals surface area (Å²) >= 11 is 9.09. The number of allylic oxidation sites excluding steroid dienone is 1. The number of thiazole rings is 1. The van der Waals surface area contributed by atoms with E-state index in [1.54, 1.807) is 39.0 Å². The van der Waals surface area contributed by atoms with E-state index in [0.29, 0.717) is 42.3 Å². The first-order chi connectivity index (χ1) is 20.5. The van der Waals surface area contributed by atoms with E-state index in [-0.39, 0.29) is 31.0 Å². The quantitative estimate of drug-likeness (QED) is 0.212. The van der Waals surface area contributed by atoms with Gasteiger partial charge in [-0.3, -0.25) is 9.36 Å². The third-order valence-electron chi connectivity index (χ3n) is 6.27. The molecule has 2 heterocycles. The lowest BCUT2D eigenvalue weighted by molar-refractivity contribution is -0.145. The van der Waals surface area contributed by atoms with Gasteiger partial charge in [0.05, 0.1) is 56.4 Å². The van der Waals surface area contributed by atoms with Crippen molar-refractivity contribution in [3.63, 3.8) is 0 Å². The van der Waals surface area contributed by atoms with Gasteiger partial charge < -0.3 is 23.7 Å². The van der Waals surface area contributed by atoms with Crippen molar-refractivity contribution in [1.29, 1.82) is 0 Å². The van der Waals surface area contributed by atoms with Gasteiger partial charge in [0.25, 0.3) is 5.56 Å². The van der Waals surface area contributed by atoms with Crippen molar-refractivity contribution in [3.8, 4) is 17.2 Å². The highest BCUT2D eigenvalue weighted by Crippen LogP contribution is 2.41. The first-order valence-corrected chi connectivity index (χ1v) is 16.7. The van der Waals surface area contributed by atoms with E-state index in [1.165, 1.54) is 30.1 Å². The van der Waals surface area contributed by atoms with Gasteiger partial charge in [0.1, 0.15) is 5.75 Å². The molecule has 0 saturated heterocycles. The van der Waals surface area contributed by atoms with Crippen molar-refractivity contribution in [2.75, 3.05) is 34.0 Å². The molecule has 0 spiro atoms. The predicted octanol–water partition coefficient (Wildman–Crippen LogP) is 4.73. The topological polar surface area (TPSA) is 115 Å². The molecule has 0 aliphatic carbocycles. The standard InChI is InChI=1S/C29H27BrI2N2O8S/c1-6-40-23(35)13-42-26-18(31)8-15(9-19(26)32)10-22-27(36)34-25(16-11-20(38-4)21(39-5)12-17(16)30)24(28(37)41-7-2)14(3)33-29(34)43-22/h8-12,25H,6-7,13H2,1-5H3/b22-10-/t25-/m0/s1. The smallest absolute Gasteiger partial charge is 0.344 e. The normalized spacial score (nSPS) is 14.6. The number of benzene rings is 2. The number of hydrogen-bond donors (Lipinski definition) is 0.